The number of aliphatic hydroxyl groups excluding tert-OH is 1. The Morgan fingerprint density at radius 3 is 2.53 bits per heavy atom. The first-order valence-corrected chi connectivity index (χ1v) is 11.4. The molecular formula is C25H24ClN5O3. The summed E-state index contributed by atoms with van der Waals surface area (Å²) in [5.74, 6) is 0.949. The largest absolute Gasteiger partial charge is 0.422 e. The van der Waals surface area contributed by atoms with E-state index in [0.29, 0.717) is 40.1 Å². The molecule has 0 bridgehead atoms. The van der Waals surface area contributed by atoms with Gasteiger partial charge in [-0.25, -0.2) is 15.0 Å². The molecule has 0 radical (unpaired) electrons. The Balaban J connectivity index is 1.38. The van der Waals surface area contributed by atoms with Crippen LogP contribution in [0.2, 0.25) is 5.02 Å². The second-order valence-electron chi connectivity index (χ2n) is 8.75. The molecule has 0 saturated heterocycles. The first-order chi connectivity index (χ1) is 16.4. The van der Waals surface area contributed by atoms with Crippen molar-refractivity contribution in [2.45, 2.75) is 25.7 Å². The number of aromatic nitrogens is 5. The number of hydrogen-bond donors (Lipinski definition) is 2. The molecule has 4 heterocycles. The molecule has 1 aliphatic heterocycles. The Morgan fingerprint density at radius 1 is 1.12 bits per heavy atom. The lowest BCUT2D eigenvalue weighted by molar-refractivity contribution is 0.161. The second kappa shape index (κ2) is 9.13. The van der Waals surface area contributed by atoms with Crippen LogP contribution >= 0.6 is 11.6 Å². The van der Waals surface area contributed by atoms with Crippen molar-refractivity contribution >= 4 is 28.3 Å². The highest BCUT2D eigenvalue weighted by Crippen LogP contribution is 2.32. The fourth-order valence-electron chi connectivity index (χ4n) is 3.68. The fourth-order valence-corrected chi connectivity index (χ4v) is 3.94. The number of hydrogen-bond acceptors (Lipinski definition) is 7. The van der Waals surface area contributed by atoms with Gasteiger partial charge in [-0.15, -0.1) is 0 Å². The number of ether oxygens (including phenoxy) is 2. The monoisotopic (exact) mass is 477 g/mol. The molecule has 0 unspecified atom stereocenters. The van der Waals surface area contributed by atoms with Gasteiger partial charge in [-0.05, 0) is 23.6 Å². The molecule has 0 atom stereocenters. The first kappa shape index (κ1) is 22.5. The van der Waals surface area contributed by atoms with Gasteiger partial charge in [0, 0.05) is 11.0 Å². The van der Waals surface area contributed by atoms with Crippen molar-refractivity contribution in [1.82, 2.24) is 24.9 Å². The zero-order chi connectivity index (χ0) is 23.7. The summed E-state index contributed by atoms with van der Waals surface area (Å²) in [5.41, 5.74) is 4.64. The minimum absolute atomic E-state index is 0.0545. The zero-order valence-electron chi connectivity index (χ0n) is 18.9. The van der Waals surface area contributed by atoms with Crippen molar-refractivity contribution in [2.75, 3.05) is 19.8 Å². The topological polar surface area (TPSA) is 106 Å². The van der Waals surface area contributed by atoms with Gasteiger partial charge >= 0.3 is 6.01 Å². The lowest BCUT2D eigenvalue weighted by atomic mass is 9.94. The van der Waals surface area contributed by atoms with Gasteiger partial charge in [-0.3, -0.25) is 0 Å². The summed E-state index contributed by atoms with van der Waals surface area (Å²) in [5, 5.41) is 10.00. The molecule has 0 aliphatic carbocycles. The third-order valence-electron chi connectivity index (χ3n) is 5.74. The van der Waals surface area contributed by atoms with E-state index >= 15 is 0 Å². The molecule has 1 aromatic carbocycles. The van der Waals surface area contributed by atoms with E-state index in [-0.39, 0.29) is 12.6 Å². The summed E-state index contributed by atoms with van der Waals surface area (Å²) < 4.78 is 11.2. The van der Waals surface area contributed by atoms with Crippen molar-refractivity contribution in [2.24, 2.45) is 0 Å². The molecular weight excluding hydrogens is 454 g/mol. The van der Waals surface area contributed by atoms with Gasteiger partial charge < -0.3 is 19.6 Å². The SMILES string of the molecule is CC(C)(CO)c1ncc(Oc2nc3nc(-c4ccc(C5=CCOCC5)cc4)c(Cl)cc3[nH]2)cn1. The number of nitrogens with zero attached hydrogens (tertiary/aromatic N) is 4. The van der Waals surface area contributed by atoms with Crippen LogP contribution in [0.25, 0.3) is 28.0 Å². The summed E-state index contributed by atoms with van der Waals surface area (Å²) in [6.07, 6.45) is 6.13. The van der Waals surface area contributed by atoms with Gasteiger partial charge in [-0.1, -0.05) is 55.8 Å². The average molecular weight is 478 g/mol. The van der Waals surface area contributed by atoms with Gasteiger partial charge in [-0.2, -0.15) is 4.98 Å². The number of aromatic amines is 1. The van der Waals surface area contributed by atoms with E-state index in [1.807, 2.05) is 26.0 Å². The minimum atomic E-state index is -0.533. The molecule has 5 rings (SSSR count). The predicted octanol–water partition coefficient (Wildman–Crippen LogP) is 4.93. The Hall–Kier alpha value is -3.33. The van der Waals surface area contributed by atoms with Crippen molar-refractivity contribution in [3.8, 4) is 23.0 Å². The van der Waals surface area contributed by atoms with Crippen molar-refractivity contribution in [1.29, 1.82) is 0 Å². The van der Waals surface area contributed by atoms with Crippen molar-refractivity contribution < 1.29 is 14.6 Å². The Labute approximate surface area is 201 Å². The predicted molar refractivity (Wildman–Crippen MR) is 130 cm³/mol. The van der Waals surface area contributed by atoms with Crippen LogP contribution in [-0.4, -0.2) is 49.8 Å². The van der Waals surface area contributed by atoms with Gasteiger partial charge in [0.15, 0.2) is 11.4 Å². The number of H-pyrrole nitrogens is 1. The van der Waals surface area contributed by atoms with Crippen molar-refractivity contribution in [3.63, 3.8) is 0 Å². The van der Waals surface area contributed by atoms with Crippen LogP contribution in [-0.2, 0) is 10.2 Å². The maximum absolute atomic E-state index is 9.48. The van der Waals surface area contributed by atoms with E-state index in [1.165, 1.54) is 11.1 Å². The first-order valence-electron chi connectivity index (χ1n) is 11.0. The van der Waals surface area contributed by atoms with E-state index in [1.54, 1.807) is 18.5 Å². The highest BCUT2D eigenvalue weighted by Gasteiger charge is 2.23. The van der Waals surface area contributed by atoms with Crippen LogP contribution in [0.5, 0.6) is 11.8 Å². The zero-order valence-corrected chi connectivity index (χ0v) is 19.6. The molecule has 0 spiro atoms. The highest BCUT2D eigenvalue weighted by atomic mass is 35.5. The quantitative estimate of drug-likeness (QED) is 0.405. The van der Waals surface area contributed by atoms with Gasteiger partial charge in [0.2, 0.25) is 0 Å². The van der Waals surface area contributed by atoms with Crippen molar-refractivity contribution in [3.05, 3.63) is 65.2 Å². The van der Waals surface area contributed by atoms with Crippen LogP contribution in [0.1, 0.15) is 31.7 Å². The molecule has 1 aliphatic rings. The number of fused-ring (bicyclic) bond motifs is 1. The lowest BCUT2D eigenvalue weighted by Gasteiger charge is -2.19. The molecule has 0 amide bonds. The van der Waals surface area contributed by atoms with E-state index < -0.39 is 5.41 Å². The highest BCUT2D eigenvalue weighted by molar-refractivity contribution is 6.33. The Morgan fingerprint density at radius 2 is 1.85 bits per heavy atom. The van der Waals surface area contributed by atoms with Crippen LogP contribution in [0.15, 0.2) is 48.8 Å². The molecule has 0 saturated carbocycles. The van der Waals surface area contributed by atoms with Crippen LogP contribution in [0.3, 0.4) is 0 Å². The average Bonchev–Trinajstić information content (AvgIpc) is 3.25. The van der Waals surface area contributed by atoms with Crippen LogP contribution < -0.4 is 4.74 Å². The molecule has 3 aromatic heterocycles. The molecule has 9 heteroatoms. The smallest absolute Gasteiger partial charge is 0.301 e. The number of rotatable bonds is 6. The van der Waals surface area contributed by atoms with E-state index in [4.69, 9.17) is 21.1 Å². The standard InChI is InChI=1S/C25H24ClN5O3/c1-25(2,14-32)23-27-12-18(13-28-23)34-24-29-20-11-19(26)21(30-22(20)31-24)17-5-3-15(4-6-17)16-7-9-33-10-8-16/h3-7,11-13,32H,8-10,14H2,1-2H3,(H,29,30,31). The molecule has 2 N–H and O–H groups in total. The van der Waals surface area contributed by atoms with Gasteiger partial charge in [0.25, 0.3) is 0 Å². The third-order valence-corrected chi connectivity index (χ3v) is 6.03. The Kier molecular flexibility index (Phi) is 6.03. The molecule has 4 aromatic rings. The number of nitrogens with one attached hydrogen (secondary N) is 1. The third kappa shape index (κ3) is 4.52. The van der Waals surface area contributed by atoms with E-state index in [9.17, 15) is 5.11 Å². The van der Waals surface area contributed by atoms with Crippen LogP contribution in [0.4, 0.5) is 0 Å². The number of aliphatic hydroxyl groups is 1. The summed E-state index contributed by atoms with van der Waals surface area (Å²) >= 11 is 6.55. The van der Waals surface area contributed by atoms with Gasteiger partial charge in [0.1, 0.15) is 5.82 Å². The summed E-state index contributed by atoms with van der Waals surface area (Å²) in [4.78, 5) is 20.8. The molecule has 8 nitrogen and oxygen atoms in total. The minimum Gasteiger partial charge on any atom is -0.422 e. The lowest BCUT2D eigenvalue weighted by Crippen LogP contribution is -2.24. The summed E-state index contributed by atoms with van der Waals surface area (Å²) in [7, 11) is 0. The number of benzene rings is 1. The molecule has 174 valence electrons. The number of pyridine rings is 1. The number of imidazole rings is 1. The van der Waals surface area contributed by atoms with Gasteiger partial charge in [0.05, 0.1) is 48.4 Å². The van der Waals surface area contributed by atoms with E-state index in [2.05, 4.69) is 43.1 Å². The normalized spacial score (nSPS) is 14.3. The summed E-state index contributed by atoms with van der Waals surface area (Å²) in [6.45, 7) is 5.08. The fraction of sp³-hybridized carbons (Fsp3) is 0.280. The van der Waals surface area contributed by atoms with Crippen LogP contribution in [0, 0.1) is 0 Å². The van der Waals surface area contributed by atoms with E-state index in [0.717, 1.165) is 18.6 Å². The second-order valence-corrected chi connectivity index (χ2v) is 9.16. The Bertz CT molecular complexity index is 1350. The maximum atomic E-state index is 9.48. The summed E-state index contributed by atoms with van der Waals surface area (Å²) in [6, 6.07) is 10.2. The molecule has 0 fully saturated rings. The molecule has 34 heavy (non-hydrogen) atoms. The maximum Gasteiger partial charge on any atom is 0.301 e. The number of halogens is 1.